The van der Waals surface area contributed by atoms with E-state index in [1.165, 1.54) is 6.07 Å². The molecule has 1 unspecified atom stereocenters. The molecular formula is C30H25F3N2O5. The van der Waals surface area contributed by atoms with Crippen molar-refractivity contribution in [2.24, 2.45) is 0 Å². The van der Waals surface area contributed by atoms with Crippen LogP contribution >= 0.6 is 0 Å². The number of carboxylic acid groups (broad SMARTS) is 1. The van der Waals surface area contributed by atoms with Gasteiger partial charge in [-0.2, -0.15) is 18.2 Å². The lowest BCUT2D eigenvalue weighted by Gasteiger charge is -2.20. The zero-order valence-electron chi connectivity index (χ0n) is 21.5. The molecule has 0 radical (unpaired) electrons. The highest BCUT2D eigenvalue weighted by molar-refractivity contribution is 5.76. The van der Waals surface area contributed by atoms with Gasteiger partial charge in [0.2, 0.25) is 11.7 Å². The van der Waals surface area contributed by atoms with Crippen molar-refractivity contribution in [3.63, 3.8) is 0 Å². The van der Waals surface area contributed by atoms with Crippen LogP contribution in [0.1, 0.15) is 59.9 Å². The third kappa shape index (κ3) is 4.78. The first-order valence-electron chi connectivity index (χ1n) is 13.0. The zero-order valence-corrected chi connectivity index (χ0v) is 21.5. The normalized spacial score (nSPS) is 17.8. The van der Waals surface area contributed by atoms with Crippen LogP contribution in [-0.2, 0) is 23.8 Å². The van der Waals surface area contributed by atoms with E-state index in [1.807, 2.05) is 6.92 Å². The van der Waals surface area contributed by atoms with Crippen molar-refractivity contribution < 1.29 is 37.1 Å². The second-order valence-corrected chi connectivity index (χ2v) is 9.95. The van der Waals surface area contributed by atoms with Gasteiger partial charge < -0.3 is 19.1 Å². The lowest BCUT2D eigenvalue weighted by molar-refractivity contribution is -0.138. The number of aromatic nitrogens is 2. The fourth-order valence-corrected chi connectivity index (χ4v) is 5.53. The van der Waals surface area contributed by atoms with Gasteiger partial charge in [0.15, 0.2) is 0 Å². The first-order valence-corrected chi connectivity index (χ1v) is 13.0. The van der Waals surface area contributed by atoms with Crippen molar-refractivity contribution in [3.05, 3.63) is 82.7 Å². The second kappa shape index (κ2) is 10.0. The summed E-state index contributed by atoms with van der Waals surface area (Å²) in [6, 6.07) is 14.6. The van der Waals surface area contributed by atoms with E-state index in [-0.39, 0.29) is 24.5 Å². The molecule has 1 aliphatic heterocycles. The van der Waals surface area contributed by atoms with Gasteiger partial charge in [-0.05, 0) is 47.2 Å². The Morgan fingerprint density at radius 1 is 1.07 bits per heavy atom. The number of benzene rings is 3. The summed E-state index contributed by atoms with van der Waals surface area (Å²) >= 11 is 0. The summed E-state index contributed by atoms with van der Waals surface area (Å²) in [6.07, 6.45) is -3.46. The summed E-state index contributed by atoms with van der Waals surface area (Å²) in [4.78, 5) is 15.4. The molecule has 0 spiro atoms. The number of aryl methyl sites for hydroxylation is 1. The molecule has 1 aromatic heterocycles. The van der Waals surface area contributed by atoms with E-state index in [9.17, 15) is 18.0 Å². The second-order valence-electron chi connectivity index (χ2n) is 9.95. The molecule has 3 aromatic carbocycles. The molecule has 1 N–H and O–H groups in total. The Kier molecular flexibility index (Phi) is 6.48. The van der Waals surface area contributed by atoms with Crippen molar-refractivity contribution in [2.75, 3.05) is 6.61 Å². The molecule has 7 nitrogen and oxygen atoms in total. The van der Waals surface area contributed by atoms with E-state index in [4.69, 9.17) is 19.1 Å². The number of fused-ring (bicyclic) bond motifs is 2. The molecule has 0 fully saturated rings. The monoisotopic (exact) mass is 550 g/mol. The van der Waals surface area contributed by atoms with E-state index in [0.29, 0.717) is 64.7 Å². The Morgan fingerprint density at radius 3 is 2.52 bits per heavy atom. The van der Waals surface area contributed by atoms with Crippen LogP contribution in [0.5, 0.6) is 11.5 Å². The molecule has 0 bridgehead atoms. The topological polar surface area (TPSA) is 94.7 Å². The van der Waals surface area contributed by atoms with Gasteiger partial charge in [0.05, 0.1) is 18.6 Å². The first kappa shape index (κ1) is 25.9. The van der Waals surface area contributed by atoms with Crippen LogP contribution in [0, 0.1) is 0 Å². The molecule has 0 amide bonds. The Morgan fingerprint density at radius 2 is 1.82 bits per heavy atom. The van der Waals surface area contributed by atoms with Gasteiger partial charge in [-0.3, -0.25) is 4.79 Å². The minimum atomic E-state index is -4.53. The van der Waals surface area contributed by atoms with Crippen LogP contribution in [-0.4, -0.2) is 27.8 Å². The van der Waals surface area contributed by atoms with Crippen molar-refractivity contribution in [3.8, 4) is 34.0 Å². The summed E-state index contributed by atoms with van der Waals surface area (Å²) < 4.78 is 59.6. The summed E-state index contributed by atoms with van der Waals surface area (Å²) in [5.41, 5.74) is 2.69. The number of nitrogens with zero attached hydrogens (tertiary/aromatic N) is 2. The first-order chi connectivity index (χ1) is 19.2. The molecule has 6 rings (SSSR count). The number of alkyl halides is 3. The molecule has 0 saturated heterocycles. The van der Waals surface area contributed by atoms with Crippen LogP contribution in [0.25, 0.3) is 22.5 Å². The Hall–Kier alpha value is -4.34. The van der Waals surface area contributed by atoms with Crippen LogP contribution in [0.2, 0.25) is 0 Å². The molecule has 2 heterocycles. The third-order valence-corrected chi connectivity index (χ3v) is 7.42. The van der Waals surface area contributed by atoms with Gasteiger partial charge in [-0.25, -0.2) is 0 Å². The van der Waals surface area contributed by atoms with Gasteiger partial charge in [0, 0.05) is 29.5 Å². The van der Waals surface area contributed by atoms with Crippen molar-refractivity contribution in [2.45, 2.75) is 50.8 Å². The van der Waals surface area contributed by atoms with Gasteiger partial charge in [-0.1, -0.05) is 48.5 Å². The van der Waals surface area contributed by atoms with Gasteiger partial charge in [0.1, 0.15) is 17.6 Å². The Balaban J connectivity index is 1.31. The predicted octanol–water partition coefficient (Wildman–Crippen LogP) is 7.00. The van der Waals surface area contributed by atoms with Crippen LogP contribution in [0.3, 0.4) is 0 Å². The Bertz CT molecular complexity index is 1580. The quantitative estimate of drug-likeness (QED) is 0.265. The third-order valence-electron chi connectivity index (χ3n) is 7.42. The molecule has 2 atom stereocenters. The van der Waals surface area contributed by atoms with Crippen LogP contribution in [0.4, 0.5) is 13.2 Å². The number of aliphatic carboxylic acids is 1. The van der Waals surface area contributed by atoms with Crippen molar-refractivity contribution in [1.29, 1.82) is 0 Å². The molecule has 10 heteroatoms. The SMILES string of the molecule is CCc1nc(-c2ccc(-c3c(C(F)(F)F)ccc4c3CC[C@H]4Oc3ccc4c(c3)OCC4CC(=O)O)cc2)no1. The summed E-state index contributed by atoms with van der Waals surface area (Å²) in [7, 11) is 0. The fraction of sp³-hybridized carbons (Fsp3) is 0.300. The highest BCUT2D eigenvalue weighted by Gasteiger charge is 2.38. The zero-order chi connectivity index (χ0) is 28.0. The van der Waals surface area contributed by atoms with E-state index in [2.05, 4.69) is 10.1 Å². The summed E-state index contributed by atoms with van der Waals surface area (Å²) in [5.74, 6) is 0.845. The Labute approximate surface area is 227 Å². The molecule has 206 valence electrons. The largest absolute Gasteiger partial charge is 0.492 e. The van der Waals surface area contributed by atoms with Crippen LogP contribution in [0.15, 0.2) is 59.1 Å². The number of halogens is 3. The predicted molar refractivity (Wildman–Crippen MR) is 138 cm³/mol. The molecular weight excluding hydrogens is 525 g/mol. The maximum Gasteiger partial charge on any atom is 0.417 e. The minimum Gasteiger partial charge on any atom is -0.492 e. The lowest BCUT2D eigenvalue weighted by atomic mass is 9.91. The van der Waals surface area contributed by atoms with Crippen molar-refractivity contribution >= 4 is 5.97 Å². The minimum absolute atomic E-state index is 0.0244. The van der Waals surface area contributed by atoms with E-state index >= 15 is 0 Å². The van der Waals surface area contributed by atoms with Gasteiger partial charge in [-0.15, -0.1) is 0 Å². The highest BCUT2D eigenvalue weighted by atomic mass is 19.4. The number of rotatable bonds is 7. The number of hydrogen-bond acceptors (Lipinski definition) is 6. The van der Waals surface area contributed by atoms with Gasteiger partial charge in [0.25, 0.3) is 0 Å². The summed E-state index contributed by atoms with van der Waals surface area (Å²) in [5, 5.41) is 13.1. The van der Waals surface area contributed by atoms with Crippen LogP contribution < -0.4 is 9.47 Å². The molecule has 0 saturated carbocycles. The molecule has 2 aliphatic rings. The number of carboxylic acids is 1. The maximum atomic E-state index is 14.2. The standard InChI is InChI=1S/C30H25F3N2O5/c1-2-26-34-29(35-40-26)17-5-3-16(4-6-17)28-22-10-12-24(21(22)9-11-23(28)30(31,32)33)39-19-7-8-20-18(13-27(36)37)15-38-25(20)14-19/h3-9,11,14,18,24H,2,10,12-13,15H2,1H3,(H,36,37)/t18?,24-/m1/s1. The molecule has 40 heavy (non-hydrogen) atoms. The van der Waals surface area contributed by atoms with E-state index in [0.717, 1.165) is 11.6 Å². The number of hydrogen-bond donors (Lipinski definition) is 1. The average Bonchev–Trinajstić information content (AvgIpc) is 3.67. The summed E-state index contributed by atoms with van der Waals surface area (Å²) in [6.45, 7) is 2.17. The number of ether oxygens (including phenoxy) is 2. The molecule has 1 aliphatic carbocycles. The average molecular weight is 551 g/mol. The smallest absolute Gasteiger partial charge is 0.417 e. The van der Waals surface area contributed by atoms with E-state index < -0.39 is 23.8 Å². The maximum absolute atomic E-state index is 14.2. The number of carbonyl (C=O) groups is 1. The molecule has 4 aromatic rings. The van der Waals surface area contributed by atoms with Gasteiger partial charge >= 0.3 is 12.1 Å². The highest BCUT2D eigenvalue weighted by Crippen LogP contribution is 2.47. The van der Waals surface area contributed by atoms with E-state index in [1.54, 1.807) is 42.5 Å². The fourth-order valence-electron chi connectivity index (χ4n) is 5.53. The van der Waals surface area contributed by atoms with Crippen molar-refractivity contribution in [1.82, 2.24) is 10.1 Å². The lowest BCUT2D eigenvalue weighted by Crippen LogP contribution is -2.10.